The van der Waals surface area contributed by atoms with Crippen molar-refractivity contribution in [1.29, 1.82) is 0 Å². The van der Waals surface area contributed by atoms with E-state index in [1.54, 1.807) is 13.2 Å². The Morgan fingerprint density at radius 3 is 2.79 bits per heavy atom. The lowest BCUT2D eigenvalue weighted by molar-refractivity contribution is 0.233. The topological polar surface area (TPSA) is 48.3 Å². The minimum atomic E-state index is -0.272. The van der Waals surface area contributed by atoms with E-state index in [9.17, 15) is 4.39 Å². The minimum Gasteiger partial charge on any atom is -0.497 e. The number of aromatic nitrogens is 2. The monoisotopic (exact) mass is 329 g/mol. The molecule has 0 saturated heterocycles. The highest BCUT2D eigenvalue weighted by Gasteiger charge is 2.10. The number of hydrogen-bond acceptors (Lipinski definition) is 4. The Bertz CT molecular complexity index is 847. The molecule has 2 aromatic carbocycles. The van der Waals surface area contributed by atoms with Gasteiger partial charge in [-0.25, -0.2) is 9.37 Å². The van der Waals surface area contributed by atoms with E-state index in [1.165, 1.54) is 12.1 Å². The molecule has 126 valence electrons. The molecule has 1 heterocycles. The first-order valence-electron chi connectivity index (χ1n) is 7.73. The number of hydrogen-bond donors (Lipinski definition) is 1. The summed E-state index contributed by atoms with van der Waals surface area (Å²) < 4.78 is 26.2. The molecule has 0 spiro atoms. The molecule has 1 N–H and O–H groups in total. The van der Waals surface area contributed by atoms with E-state index < -0.39 is 0 Å². The molecule has 0 aliphatic rings. The summed E-state index contributed by atoms with van der Waals surface area (Å²) >= 11 is 0. The lowest BCUT2D eigenvalue weighted by atomic mass is 10.3. The Morgan fingerprint density at radius 2 is 2.00 bits per heavy atom. The van der Waals surface area contributed by atoms with Crippen LogP contribution in [0.5, 0.6) is 11.5 Å². The Kier molecular flexibility index (Phi) is 4.55. The molecule has 24 heavy (non-hydrogen) atoms. The number of aryl methyl sites for hydroxylation is 1. The van der Waals surface area contributed by atoms with Gasteiger partial charge in [0, 0.05) is 13.1 Å². The molecule has 0 aliphatic heterocycles. The summed E-state index contributed by atoms with van der Waals surface area (Å²) in [5, 5.41) is 3.24. The lowest BCUT2D eigenvalue weighted by Gasteiger charge is -2.16. The summed E-state index contributed by atoms with van der Waals surface area (Å²) in [4.78, 5) is 4.47. The Hall–Kier alpha value is -2.76. The number of rotatable bonds is 6. The molecule has 1 atom stereocenters. The number of nitrogens with zero attached hydrogens (tertiary/aromatic N) is 2. The number of ether oxygens (including phenoxy) is 2. The van der Waals surface area contributed by atoms with Crippen LogP contribution in [0.15, 0.2) is 42.5 Å². The van der Waals surface area contributed by atoms with Crippen molar-refractivity contribution in [3.63, 3.8) is 0 Å². The third-order valence-corrected chi connectivity index (χ3v) is 3.77. The zero-order valence-corrected chi connectivity index (χ0v) is 13.9. The Balaban J connectivity index is 1.65. The average molecular weight is 329 g/mol. The van der Waals surface area contributed by atoms with Gasteiger partial charge in [0.05, 0.1) is 24.7 Å². The zero-order valence-electron chi connectivity index (χ0n) is 13.9. The number of halogens is 1. The van der Waals surface area contributed by atoms with Gasteiger partial charge in [-0.2, -0.15) is 0 Å². The molecule has 5 nitrogen and oxygen atoms in total. The van der Waals surface area contributed by atoms with Gasteiger partial charge in [0.15, 0.2) is 0 Å². The summed E-state index contributed by atoms with van der Waals surface area (Å²) in [5.74, 6) is 1.91. The molecule has 0 saturated carbocycles. The standard InChI is InChI=1S/C18H20FN3O2/c1-12(24-15-6-4-5-14(10-15)23-3)11-20-18-21-16-8-7-13(19)9-17(16)22(18)2/h4-10,12H,11H2,1-3H3,(H,20,21). The van der Waals surface area contributed by atoms with Crippen molar-refractivity contribution in [2.24, 2.45) is 7.05 Å². The highest BCUT2D eigenvalue weighted by Crippen LogP contribution is 2.21. The quantitative estimate of drug-likeness (QED) is 0.751. The van der Waals surface area contributed by atoms with Crippen molar-refractivity contribution < 1.29 is 13.9 Å². The normalized spacial score (nSPS) is 12.2. The summed E-state index contributed by atoms with van der Waals surface area (Å²) in [7, 11) is 3.48. The van der Waals surface area contributed by atoms with Crippen LogP contribution in [0.4, 0.5) is 10.3 Å². The fourth-order valence-electron chi connectivity index (χ4n) is 2.50. The molecule has 3 rings (SSSR count). The van der Waals surface area contributed by atoms with Crippen molar-refractivity contribution in [1.82, 2.24) is 9.55 Å². The Morgan fingerprint density at radius 1 is 1.21 bits per heavy atom. The van der Waals surface area contributed by atoms with Crippen LogP contribution in [0.25, 0.3) is 11.0 Å². The van der Waals surface area contributed by atoms with Gasteiger partial charge in [-0.15, -0.1) is 0 Å². The number of benzene rings is 2. The van der Waals surface area contributed by atoms with Gasteiger partial charge >= 0.3 is 0 Å². The number of imidazole rings is 1. The van der Waals surface area contributed by atoms with Crippen LogP contribution in [0.1, 0.15) is 6.92 Å². The van der Waals surface area contributed by atoms with E-state index >= 15 is 0 Å². The molecule has 1 aromatic heterocycles. The SMILES string of the molecule is COc1cccc(OC(C)CNc2nc3ccc(F)cc3n2C)c1. The average Bonchev–Trinajstić information content (AvgIpc) is 2.89. The summed E-state index contributed by atoms with van der Waals surface area (Å²) in [6.07, 6.45) is -0.0753. The molecular weight excluding hydrogens is 309 g/mol. The number of fused-ring (bicyclic) bond motifs is 1. The molecule has 0 amide bonds. The first kappa shape index (κ1) is 16.1. The maximum absolute atomic E-state index is 13.4. The van der Waals surface area contributed by atoms with Gasteiger partial charge < -0.3 is 19.4 Å². The number of methoxy groups -OCH3 is 1. The van der Waals surface area contributed by atoms with Crippen LogP contribution in [0, 0.1) is 5.82 Å². The van der Waals surface area contributed by atoms with Crippen molar-refractivity contribution in [3.8, 4) is 11.5 Å². The molecule has 1 unspecified atom stereocenters. The van der Waals surface area contributed by atoms with Crippen LogP contribution < -0.4 is 14.8 Å². The molecule has 0 radical (unpaired) electrons. The molecular formula is C18H20FN3O2. The highest BCUT2D eigenvalue weighted by molar-refractivity contribution is 5.78. The van der Waals surface area contributed by atoms with E-state index in [1.807, 2.05) is 42.8 Å². The number of anilines is 1. The van der Waals surface area contributed by atoms with Gasteiger partial charge in [-0.1, -0.05) is 6.07 Å². The van der Waals surface area contributed by atoms with Gasteiger partial charge in [-0.3, -0.25) is 0 Å². The van der Waals surface area contributed by atoms with Crippen LogP contribution in [0.2, 0.25) is 0 Å². The fraction of sp³-hybridized carbons (Fsp3) is 0.278. The van der Waals surface area contributed by atoms with Crippen molar-refractivity contribution in [2.45, 2.75) is 13.0 Å². The van der Waals surface area contributed by atoms with E-state index in [0.717, 1.165) is 22.5 Å². The third-order valence-electron chi connectivity index (χ3n) is 3.77. The zero-order chi connectivity index (χ0) is 17.1. The largest absolute Gasteiger partial charge is 0.497 e. The second kappa shape index (κ2) is 6.78. The highest BCUT2D eigenvalue weighted by atomic mass is 19.1. The van der Waals surface area contributed by atoms with Crippen LogP contribution in [0.3, 0.4) is 0 Å². The predicted molar refractivity (Wildman–Crippen MR) is 92.2 cm³/mol. The smallest absolute Gasteiger partial charge is 0.203 e. The van der Waals surface area contributed by atoms with Gasteiger partial charge in [0.2, 0.25) is 5.95 Å². The molecule has 6 heteroatoms. The second-order valence-corrected chi connectivity index (χ2v) is 5.62. The molecule has 0 aliphatic carbocycles. The number of nitrogens with one attached hydrogen (secondary N) is 1. The minimum absolute atomic E-state index is 0.0753. The summed E-state index contributed by atoms with van der Waals surface area (Å²) in [6.45, 7) is 2.53. The summed E-state index contributed by atoms with van der Waals surface area (Å²) in [5.41, 5.74) is 1.50. The van der Waals surface area contributed by atoms with Crippen molar-refractivity contribution in [2.75, 3.05) is 19.0 Å². The van der Waals surface area contributed by atoms with Crippen LogP contribution >= 0.6 is 0 Å². The maximum atomic E-state index is 13.4. The predicted octanol–water partition coefficient (Wildman–Crippen LogP) is 3.60. The third kappa shape index (κ3) is 3.42. The van der Waals surface area contributed by atoms with Crippen LogP contribution in [-0.2, 0) is 7.05 Å². The van der Waals surface area contributed by atoms with Gasteiger partial charge in [-0.05, 0) is 37.3 Å². The molecule has 0 bridgehead atoms. The fourth-order valence-corrected chi connectivity index (χ4v) is 2.50. The van der Waals surface area contributed by atoms with E-state index in [-0.39, 0.29) is 11.9 Å². The lowest BCUT2D eigenvalue weighted by Crippen LogP contribution is -2.23. The summed E-state index contributed by atoms with van der Waals surface area (Å²) in [6, 6.07) is 12.0. The van der Waals surface area contributed by atoms with Crippen LogP contribution in [-0.4, -0.2) is 29.3 Å². The van der Waals surface area contributed by atoms with E-state index in [4.69, 9.17) is 9.47 Å². The van der Waals surface area contributed by atoms with Gasteiger partial charge in [0.25, 0.3) is 0 Å². The van der Waals surface area contributed by atoms with E-state index in [2.05, 4.69) is 10.3 Å². The van der Waals surface area contributed by atoms with Crippen molar-refractivity contribution >= 4 is 17.0 Å². The molecule has 0 fully saturated rings. The molecule has 3 aromatic rings. The second-order valence-electron chi connectivity index (χ2n) is 5.62. The first-order valence-corrected chi connectivity index (χ1v) is 7.73. The van der Waals surface area contributed by atoms with Gasteiger partial charge in [0.1, 0.15) is 23.4 Å². The maximum Gasteiger partial charge on any atom is 0.203 e. The van der Waals surface area contributed by atoms with Crippen molar-refractivity contribution in [3.05, 3.63) is 48.3 Å². The van der Waals surface area contributed by atoms with E-state index in [0.29, 0.717) is 12.5 Å². The first-order chi connectivity index (χ1) is 11.6. The Labute approximate surface area is 140 Å².